The number of ether oxygens (including phenoxy) is 2. The lowest BCUT2D eigenvalue weighted by atomic mass is 10.2. The fourth-order valence-electron chi connectivity index (χ4n) is 1.38. The van der Waals surface area contributed by atoms with Crippen LogP contribution >= 0.6 is 11.6 Å². The van der Waals surface area contributed by atoms with Crippen LogP contribution in [0.1, 0.15) is 0 Å². The Hall–Kier alpha value is -1.88. The number of methoxy groups -OCH3 is 2. The smallest absolute Gasteiger partial charge is 0.183 e. The molecule has 0 amide bonds. The van der Waals surface area contributed by atoms with Gasteiger partial charge in [0.2, 0.25) is 0 Å². The Bertz CT molecular complexity index is 534. The highest BCUT2D eigenvalue weighted by Gasteiger charge is 2.08. The van der Waals surface area contributed by atoms with Gasteiger partial charge in [-0.05, 0) is 18.2 Å². The number of aromatic nitrogens is 3. The average molecular weight is 252 g/mol. The number of hydrogen-bond acceptors (Lipinski definition) is 5. The maximum Gasteiger partial charge on any atom is 0.183 e. The van der Waals surface area contributed by atoms with Crippen LogP contribution in [-0.4, -0.2) is 29.4 Å². The molecule has 0 aliphatic rings. The van der Waals surface area contributed by atoms with Crippen molar-refractivity contribution < 1.29 is 9.47 Å². The molecule has 2 aromatic rings. The predicted octanol–water partition coefficient (Wildman–Crippen LogP) is 2.21. The van der Waals surface area contributed by atoms with E-state index in [4.69, 9.17) is 21.1 Å². The molecule has 2 rings (SSSR count). The normalized spacial score (nSPS) is 10.1. The first-order valence-electron chi connectivity index (χ1n) is 4.82. The highest BCUT2D eigenvalue weighted by atomic mass is 35.5. The first kappa shape index (κ1) is 11.6. The van der Waals surface area contributed by atoms with Gasteiger partial charge in [-0.25, -0.2) is 4.98 Å². The third kappa shape index (κ3) is 2.45. The van der Waals surface area contributed by atoms with Crippen molar-refractivity contribution in [1.29, 1.82) is 0 Å². The van der Waals surface area contributed by atoms with Crippen LogP contribution in [0.2, 0.25) is 5.15 Å². The van der Waals surface area contributed by atoms with Crippen LogP contribution in [0.25, 0.3) is 11.4 Å². The lowest BCUT2D eigenvalue weighted by Crippen LogP contribution is -1.94. The topological polar surface area (TPSA) is 57.1 Å². The summed E-state index contributed by atoms with van der Waals surface area (Å²) >= 11 is 5.76. The van der Waals surface area contributed by atoms with E-state index in [0.717, 1.165) is 5.56 Å². The maximum atomic E-state index is 5.76. The van der Waals surface area contributed by atoms with E-state index in [1.165, 1.54) is 6.20 Å². The van der Waals surface area contributed by atoms with E-state index in [-0.39, 0.29) is 0 Å². The molecule has 1 aromatic carbocycles. The fourth-order valence-corrected chi connectivity index (χ4v) is 1.50. The van der Waals surface area contributed by atoms with E-state index in [0.29, 0.717) is 22.5 Å². The summed E-state index contributed by atoms with van der Waals surface area (Å²) in [4.78, 5) is 4.07. The first-order valence-corrected chi connectivity index (χ1v) is 5.20. The van der Waals surface area contributed by atoms with E-state index < -0.39 is 0 Å². The summed E-state index contributed by atoms with van der Waals surface area (Å²) in [5.74, 6) is 1.69. The molecule has 0 aliphatic carbocycles. The van der Waals surface area contributed by atoms with Gasteiger partial charge < -0.3 is 9.47 Å². The van der Waals surface area contributed by atoms with Gasteiger partial charge in [0.25, 0.3) is 0 Å². The number of halogens is 1. The largest absolute Gasteiger partial charge is 0.493 e. The van der Waals surface area contributed by atoms with Gasteiger partial charge in [-0.3, -0.25) is 0 Å². The van der Waals surface area contributed by atoms with Gasteiger partial charge in [0, 0.05) is 5.56 Å². The summed E-state index contributed by atoms with van der Waals surface area (Å²) in [6.07, 6.45) is 1.38. The summed E-state index contributed by atoms with van der Waals surface area (Å²) in [6, 6.07) is 5.36. The van der Waals surface area contributed by atoms with Gasteiger partial charge >= 0.3 is 0 Å². The Morgan fingerprint density at radius 1 is 1.12 bits per heavy atom. The van der Waals surface area contributed by atoms with Crippen molar-refractivity contribution in [3.63, 3.8) is 0 Å². The molecule has 6 heteroatoms. The van der Waals surface area contributed by atoms with Crippen LogP contribution < -0.4 is 9.47 Å². The zero-order valence-electron chi connectivity index (χ0n) is 9.35. The van der Waals surface area contributed by atoms with E-state index in [1.54, 1.807) is 26.4 Å². The van der Waals surface area contributed by atoms with Crippen molar-refractivity contribution in [1.82, 2.24) is 15.2 Å². The van der Waals surface area contributed by atoms with E-state index >= 15 is 0 Å². The Labute approximate surface area is 103 Å². The molecular formula is C11H10ClN3O2. The third-order valence-corrected chi connectivity index (χ3v) is 2.35. The first-order chi connectivity index (χ1) is 8.24. The summed E-state index contributed by atoms with van der Waals surface area (Å²) in [7, 11) is 3.15. The zero-order valence-corrected chi connectivity index (χ0v) is 10.1. The second-order valence-electron chi connectivity index (χ2n) is 3.17. The van der Waals surface area contributed by atoms with Gasteiger partial charge in [0.1, 0.15) is 0 Å². The monoisotopic (exact) mass is 251 g/mol. The van der Waals surface area contributed by atoms with Crippen molar-refractivity contribution >= 4 is 11.6 Å². The lowest BCUT2D eigenvalue weighted by Gasteiger charge is -2.08. The molecule has 0 N–H and O–H groups in total. The highest BCUT2D eigenvalue weighted by Crippen LogP contribution is 2.30. The quantitative estimate of drug-likeness (QED) is 0.837. The van der Waals surface area contributed by atoms with E-state index in [2.05, 4.69) is 15.2 Å². The zero-order chi connectivity index (χ0) is 12.3. The Morgan fingerprint density at radius 3 is 2.53 bits per heavy atom. The molecular weight excluding hydrogens is 242 g/mol. The fraction of sp³-hybridized carbons (Fsp3) is 0.182. The second kappa shape index (κ2) is 4.97. The molecule has 0 atom stereocenters. The van der Waals surface area contributed by atoms with Crippen LogP contribution in [0, 0.1) is 0 Å². The van der Waals surface area contributed by atoms with Gasteiger partial charge in [-0.15, -0.1) is 5.10 Å². The highest BCUT2D eigenvalue weighted by molar-refractivity contribution is 6.29. The summed E-state index contributed by atoms with van der Waals surface area (Å²) in [5, 5.41) is 7.94. The summed E-state index contributed by atoms with van der Waals surface area (Å²) < 4.78 is 10.3. The molecule has 0 saturated heterocycles. The Balaban J connectivity index is 2.46. The molecule has 88 valence electrons. The molecule has 17 heavy (non-hydrogen) atoms. The molecule has 0 spiro atoms. The van der Waals surface area contributed by atoms with E-state index in [1.807, 2.05) is 6.07 Å². The van der Waals surface area contributed by atoms with Crippen molar-refractivity contribution in [3.05, 3.63) is 29.5 Å². The van der Waals surface area contributed by atoms with Gasteiger partial charge in [-0.1, -0.05) is 11.6 Å². The predicted molar refractivity (Wildman–Crippen MR) is 63.4 cm³/mol. The van der Waals surface area contributed by atoms with Crippen molar-refractivity contribution in [2.24, 2.45) is 0 Å². The minimum Gasteiger partial charge on any atom is -0.493 e. The maximum absolute atomic E-state index is 5.76. The molecule has 0 fully saturated rings. The van der Waals surface area contributed by atoms with Crippen LogP contribution in [0.3, 0.4) is 0 Å². The number of rotatable bonds is 3. The Kier molecular flexibility index (Phi) is 3.39. The average Bonchev–Trinajstić information content (AvgIpc) is 2.38. The standard InChI is InChI=1S/C11H10ClN3O2/c1-16-8-4-3-7(5-9(8)17-2)11-14-10(12)6-13-15-11/h3-6H,1-2H3. The minimum atomic E-state index is 0.296. The van der Waals surface area contributed by atoms with E-state index in [9.17, 15) is 0 Å². The number of benzene rings is 1. The molecule has 0 radical (unpaired) electrons. The number of nitrogens with zero attached hydrogens (tertiary/aromatic N) is 3. The number of hydrogen-bond donors (Lipinski definition) is 0. The van der Waals surface area contributed by atoms with Gasteiger partial charge in [-0.2, -0.15) is 5.10 Å². The molecule has 5 nitrogen and oxygen atoms in total. The summed E-state index contributed by atoms with van der Waals surface area (Å²) in [5.41, 5.74) is 0.762. The third-order valence-electron chi connectivity index (χ3n) is 2.17. The van der Waals surface area contributed by atoms with Crippen LogP contribution in [0.5, 0.6) is 11.5 Å². The molecule has 0 saturated carbocycles. The molecule has 1 heterocycles. The Morgan fingerprint density at radius 2 is 1.88 bits per heavy atom. The van der Waals surface area contributed by atoms with Crippen molar-refractivity contribution in [3.8, 4) is 22.9 Å². The SMILES string of the molecule is COc1ccc(-c2nncc(Cl)n2)cc1OC. The lowest BCUT2D eigenvalue weighted by molar-refractivity contribution is 0.355. The minimum absolute atomic E-state index is 0.296. The molecule has 0 unspecified atom stereocenters. The summed E-state index contributed by atoms with van der Waals surface area (Å²) in [6.45, 7) is 0. The molecule has 1 aromatic heterocycles. The van der Waals surface area contributed by atoms with Crippen LogP contribution in [0.4, 0.5) is 0 Å². The van der Waals surface area contributed by atoms with Gasteiger partial charge in [0.05, 0.1) is 20.4 Å². The van der Waals surface area contributed by atoms with Crippen LogP contribution in [0.15, 0.2) is 24.4 Å². The van der Waals surface area contributed by atoms with Gasteiger partial charge in [0.15, 0.2) is 22.5 Å². The van der Waals surface area contributed by atoms with Crippen molar-refractivity contribution in [2.75, 3.05) is 14.2 Å². The second-order valence-corrected chi connectivity index (χ2v) is 3.56. The van der Waals surface area contributed by atoms with Crippen molar-refractivity contribution in [2.45, 2.75) is 0 Å². The molecule has 0 bridgehead atoms. The van der Waals surface area contributed by atoms with Crippen LogP contribution in [-0.2, 0) is 0 Å². The molecule has 0 aliphatic heterocycles.